The zero-order chi connectivity index (χ0) is 39.3. The Morgan fingerprint density at radius 3 is 2.34 bits per heavy atom. The van der Waals surface area contributed by atoms with Crippen LogP contribution in [0.5, 0.6) is 0 Å². The Morgan fingerprint density at radius 2 is 1.64 bits per heavy atom. The van der Waals surface area contributed by atoms with E-state index in [4.69, 9.17) is 15.4 Å². The third-order valence-electron chi connectivity index (χ3n) is 7.12. The van der Waals surface area contributed by atoms with Crippen LogP contribution in [0.1, 0.15) is 37.3 Å². The van der Waals surface area contributed by atoms with E-state index in [0.717, 1.165) is 26.6 Å². The molecule has 0 amide bonds. The molecule has 0 spiro atoms. The van der Waals surface area contributed by atoms with Crippen molar-refractivity contribution in [1.29, 1.82) is 0 Å². The van der Waals surface area contributed by atoms with Gasteiger partial charge in [0.1, 0.15) is 0 Å². The summed E-state index contributed by atoms with van der Waals surface area (Å²) in [5, 5.41) is 1.49. The third-order valence-corrected chi connectivity index (χ3v) is 11.3. The Hall–Kier alpha value is -3.90. The first-order valence-corrected chi connectivity index (χ1v) is 22.4. The summed E-state index contributed by atoms with van der Waals surface area (Å²) in [5.74, 6) is 6.86. The Kier molecular flexibility index (Phi) is 7.75. The van der Waals surface area contributed by atoms with Gasteiger partial charge < -0.3 is 9.40 Å². The minimum absolute atomic E-state index is 0. The Bertz CT molecular complexity index is 2500. The van der Waals surface area contributed by atoms with Crippen molar-refractivity contribution < 1.29 is 35.5 Å². The molecule has 0 aliphatic heterocycles. The van der Waals surface area contributed by atoms with Crippen LogP contribution in [-0.4, -0.2) is 28.2 Å². The predicted molar refractivity (Wildman–Crippen MR) is 194 cm³/mol. The first-order valence-electron chi connectivity index (χ1n) is 19.0. The summed E-state index contributed by atoms with van der Waals surface area (Å²) in [5.41, 5.74) is 4.17. The fourth-order valence-corrected chi connectivity index (χ4v) is 7.98. The van der Waals surface area contributed by atoms with E-state index in [1.54, 1.807) is 36.5 Å². The fraction of sp³-hybridized carbons (Fsp3) is 0.195. The normalized spacial score (nSPS) is 14.3. The number of rotatable bonds is 5. The molecule has 4 heterocycles. The molecule has 239 valence electrons. The van der Waals surface area contributed by atoms with Crippen molar-refractivity contribution >= 4 is 39.7 Å². The molecule has 0 fully saturated rings. The van der Waals surface area contributed by atoms with Crippen molar-refractivity contribution in [3.8, 4) is 33.8 Å². The molecule has 0 saturated heterocycles. The quantitative estimate of drug-likeness (QED) is 0.128. The first-order chi connectivity index (χ1) is 25.3. The summed E-state index contributed by atoms with van der Waals surface area (Å²) in [4.78, 5) is 13.4. The molecule has 0 unspecified atom stereocenters. The second-order valence-corrected chi connectivity index (χ2v) is 23.5. The second kappa shape index (κ2) is 14.5. The van der Waals surface area contributed by atoms with E-state index >= 15 is 0 Å². The SMILES string of the molecule is [2H]C([2H])(c1cc(-c2[c-]cccc2)nc[c]1[Ge]([CH3])([CH3])[CH3])C(C)(C)C.[2H]c1ccnc(-c2[c-]ccc3c2oc2nc(-c4c([2H])c([2H])c([2H])c([2H])c4[2H])ccc23)c1.[Ir]. The van der Waals surface area contributed by atoms with E-state index in [2.05, 4.69) is 44.4 Å². The van der Waals surface area contributed by atoms with Gasteiger partial charge in [-0.25, -0.2) is 4.98 Å². The zero-order valence-corrected chi connectivity index (χ0v) is 31.6. The van der Waals surface area contributed by atoms with E-state index < -0.39 is 43.2 Å². The molecule has 0 atom stereocenters. The first kappa shape index (κ1) is 25.2. The van der Waals surface area contributed by atoms with Crippen molar-refractivity contribution in [3.05, 3.63) is 133 Å². The van der Waals surface area contributed by atoms with E-state index in [9.17, 15) is 0 Å². The molecule has 0 aliphatic carbocycles. The van der Waals surface area contributed by atoms with Gasteiger partial charge in [0.25, 0.3) is 0 Å². The van der Waals surface area contributed by atoms with E-state index in [1.165, 1.54) is 0 Å². The van der Waals surface area contributed by atoms with E-state index in [-0.39, 0.29) is 49.2 Å². The van der Waals surface area contributed by atoms with Gasteiger partial charge in [-0.15, -0.1) is 18.2 Å². The van der Waals surface area contributed by atoms with Crippen LogP contribution in [0, 0.1) is 17.5 Å². The van der Waals surface area contributed by atoms with Crippen molar-refractivity contribution in [2.75, 3.05) is 0 Å². The Morgan fingerprint density at radius 1 is 0.830 bits per heavy atom. The summed E-state index contributed by atoms with van der Waals surface area (Å²) < 4.78 is 72.4. The summed E-state index contributed by atoms with van der Waals surface area (Å²) in [6.07, 6.45) is 2.05. The number of hydrogen-bond donors (Lipinski definition) is 0. The molecule has 47 heavy (non-hydrogen) atoms. The van der Waals surface area contributed by atoms with Crippen LogP contribution in [-0.2, 0) is 26.5 Å². The predicted octanol–water partition coefficient (Wildman–Crippen LogP) is 10.2. The van der Waals surface area contributed by atoms with Gasteiger partial charge in [0.05, 0.1) is 19.5 Å². The van der Waals surface area contributed by atoms with Gasteiger partial charge >= 0.3 is 135 Å². The molecular formula is C41H39GeIrN3O-2. The Labute approximate surface area is 305 Å². The molecule has 0 saturated carbocycles. The van der Waals surface area contributed by atoms with Crippen LogP contribution < -0.4 is 4.40 Å². The van der Waals surface area contributed by atoms with Crippen LogP contribution in [0.15, 0.2) is 120 Å². The zero-order valence-electron chi connectivity index (χ0n) is 35.1. The summed E-state index contributed by atoms with van der Waals surface area (Å²) in [6, 6.07) is 24.5. The Balaban J connectivity index is 0.000000217. The minimum atomic E-state index is -2.24. The molecule has 0 aliphatic rings. The van der Waals surface area contributed by atoms with Gasteiger partial charge in [-0.2, -0.15) is 0 Å². The van der Waals surface area contributed by atoms with Crippen LogP contribution >= 0.6 is 0 Å². The topological polar surface area (TPSA) is 51.8 Å². The van der Waals surface area contributed by atoms with Crippen LogP contribution in [0.4, 0.5) is 0 Å². The molecule has 6 heteroatoms. The third kappa shape index (κ3) is 8.16. The van der Waals surface area contributed by atoms with E-state index in [1.807, 2.05) is 63.4 Å². The van der Waals surface area contributed by atoms with Crippen molar-refractivity contribution in [1.82, 2.24) is 15.0 Å². The van der Waals surface area contributed by atoms with Gasteiger partial charge in [0.15, 0.2) is 0 Å². The number of pyridine rings is 3. The standard InChI is InChI=1S/C22H13N2O.C19H26GeN.Ir/c1-2-7-15(8-3-1)19-13-12-17-16-9-6-10-18(20-11-4-5-14-23-20)21(16)25-22(17)24-19;1-19(2,3)13-16-12-18(15-10-8-7-9-11-15)21-14-17(16)20(4,5)6;/h1-9,11-14H;7-10,12,14H,13H2,1-6H3;/q2*-1;/i1D,2D,3D,4D,7D,8D;13D2;. The maximum absolute atomic E-state index is 8.76. The van der Waals surface area contributed by atoms with Crippen molar-refractivity contribution in [2.45, 2.75) is 44.4 Å². The molecule has 7 rings (SSSR count). The van der Waals surface area contributed by atoms with Gasteiger partial charge in [0.2, 0.25) is 5.71 Å². The molecule has 4 aromatic heterocycles. The van der Waals surface area contributed by atoms with Gasteiger partial charge in [-0.1, -0.05) is 53.3 Å². The van der Waals surface area contributed by atoms with Crippen molar-refractivity contribution in [3.63, 3.8) is 0 Å². The molecule has 0 N–H and O–H groups in total. The molecule has 1 radical (unpaired) electrons. The number of benzene rings is 3. The van der Waals surface area contributed by atoms with Gasteiger partial charge in [-0.3, -0.25) is 0 Å². The molecule has 3 aromatic carbocycles. The number of nitrogens with zero attached hydrogens (tertiary/aromatic N) is 3. The average molecular weight is 863 g/mol. The molecular weight excluding hydrogens is 815 g/mol. The number of hydrogen-bond acceptors (Lipinski definition) is 4. The summed E-state index contributed by atoms with van der Waals surface area (Å²) in [6.45, 7) is 5.88. The summed E-state index contributed by atoms with van der Waals surface area (Å²) in [7, 11) is 0. The maximum Gasteiger partial charge on any atom is 0.216 e. The average Bonchev–Trinajstić information content (AvgIpc) is 3.51. The number of aromatic nitrogens is 3. The fourth-order valence-electron chi connectivity index (χ4n) is 5.05. The van der Waals surface area contributed by atoms with Crippen molar-refractivity contribution in [2.24, 2.45) is 5.41 Å². The molecule has 0 bridgehead atoms. The van der Waals surface area contributed by atoms with Gasteiger partial charge in [-0.05, 0) is 23.9 Å². The summed E-state index contributed by atoms with van der Waals surface area (Å²) >= 11 is -2.24. The number of fused-ring (bicyclic) bond motifs is 3. The molecule has 4 nitrogen and oxygen atoms in total. The van der Waals surface area contributed by atoms with Crippen LogP contribution in [0.3, 0.4) is 0 Å². The largest absolute Gasteiger partial charge is 0.486 e. The number of furan rings is 1. The minimum Gasteiger partial charge on any atom is -0.486 e. The second-order valence-electron chi connectivity index (χ2n) is 12.9. The van der Waals surface area contributed by atoms with E-state index in [0.29, 0.717) is 28.3 Å². The maximum atomic E-state index is 8.76. The van der Waals surface area contributed by atoms with Crippen LogP contribution in [0.2, 0.25) is 17.3 Å². The van der Waals surface area contributed by atoms with Crippen LogP contribution in [0.25, 0.3) is 55.8 Å². The monoisotopic (exact) mass is 864 g/mol. The smallest absolute Gasteiger partial charge is 0.216 e. The molecule has 7 aromatic rings. The van der Waals surface area contributed by atoms with Gasteiger partial charge in [0, 0.05) is 37.3 Å².